The van der Waals surface area contributed by atoms with Gasteiger partial charge < -0.3 is 10.1 Å². The van der Waals surface area contributed by atoms with Crippen LogP contribution < -0.4 is 5.32 Å². The Bertz CT molecular complexity index is 595. The van der Waals surface area contributed by atoms with E-state index in [0.29, 0.717) is 19.1 Å². The maximum Gasteiger partial charge on any atom is 0.247 e. The molecule has 1 aromatic carbocycles. The summed E-state index contributed by atoms with van der Waals surface area (Å²) in [6.45, 7) is 5.01. The highest BCUT2D eigenvalue weighted by Gasteiger charge is 2.21. The number of piperidine rings is 1. The normalized spacial score (nSPS) is 19.8. The molecule has 0 unspecified atom stereocenters. The van der Waals surface area contributed by atoms with Crippen molar-refractivity contribution in [1.82, 2.24) is 10.2 Å². The molecule has 1 N–H and O–H groups in total. The number of nitrogens with one attached hydrogen (secondary N) is 1. The summed E-state index contributed by atoms with van der Waals surface area (Å²) < 4.78 is 5.24. The third-order valence-electron chi connectivity index (χ3n) is 4.87. The lowest BCUT2D eigenvalue weighted by Crippen LogP contribution is -2.39. The summed E-state index contributed by atoms with van der Waals surface area (Å²) in [6, 6.07) is 8.05. The number of hydrogen-bond donors (Lipinski definition) is 1. The maximum atomic E-state index is 12.1. The first-order valence-corrected chi connectivity index (χ1v) is 9.11. The highest BCUT2D eigenvalue weighted by atomic mass is 35.5. The minimum absolute atomic E-state index is 0.0804. The summed E-state index contributed by atoms with van der Waals surface area (Å²) in [5, 5.41) is 3.94. The van der Waals surface area contributed by atoms with Crippen LogP contribution in [0.25, 0.3) is 0 Å². The number of halogens is 1. The predicted octanol–water partition coefficient (Wildman–Crippen LogP) is 3.01. The fourth-order valence-electron chi connectivity index (χ4n) is 3.30. The molecule has 2 heterocycles. The fraction of sp³-hybridized carbons (Fsp3) is 0.526. The van der Waals surface area contributed by atoms with Gasteiger partial charge >= 0.3 is 0 Å². The fourth-order valence-corrected chi connectivity index (χ4v) is 3.50. The molecule has 0 atom stereocenters. The minimum atomic E-state index is 0.0804. The smallest absolute Gasteiger partial charge is 0.247 e. The molecular formula is C19H25ClN2O2. The van der Waals surface area contributed by atoms with E-state index in [9.17, 15) is 4.79 Å². The Morgan fingerprint density at radius 1 is 1.29 bits per heavy atom. The van der Waals surface area contributed by atoms with Gasteiger partial charge in [-0.05, 0) is 43.5 Å². The van der Waals surface area contributed by atoms with Gasteiger partial charge in [0.05, 0.1) is 13.2 Å². The molecule has 0 saturated carbocycles. The molecule has 0 radical (unpaired) electrons. The number of nitrogens with zero attached hydrogens (tertiary/aromatic N) is 1. The number of hydrogen-bond acceptors (Lipinski definition) is 3. The SMILES string of the molecule is O=C(NCC1CCN(Cc2ccccc2Cl)CC1)C1=CCOCC1. The lowest BCUT2D eigenvalue weighted by Gasteiger charge is -2.32. The second-order valence-corrected chi connectivity index (χ2v) is 6.98. The second kappa shape index (κ2) is 8.65. The number of carbonyl (C=O) groups is 1. The Labute approximate surface area is 148 Å². The number of benzene rings is 1. The van der Waals surface area contributed by atoms with Crippen molar-refractivity contribution in [1.29, 1.82) is 0 Å². The van der Waals surface area contributed by atoms with E-state index in [1.807, 2.05) is 24.3 Å². The van der Waals surface area contributed by atoms with Crippen LogP contribution >= 0.6 is 11.6 Å². The quantitative estimate of drug-likeness (QED) is 0.889. The van der Waals surface area contributed by atoms with Crippen molar-refractivity contribution in [2.24, 2.45) is 5.92 Å². The molecule has 24 heavy (non-hydrogen) atoms. The van der Waals surface area contributed by atoms with Gasteiger partial charge in [0.15, 0.2) is 0 Å². The van der Waals surface area contributed by atoms with Crippen LogP contribution in [-0.4, -0.2) is 43.7 Å². The van der Waals surface area contributed by atoms with E-state index in [0.717, 1.165) is 56.0 Å². The lowest BCUT2D eigenvalue weighted by molar-refractivity contribution is -0.118. The zero-order chi connectivity index (χ0) is 16.8. The highest BCUT2D eigenvalue weighted by molar-refractivity contribution is 6.31. The Morgan fingerprint density at radius 2 is 2.08 bits per heavy atom. The van der Waals surface area contributed by atoms with Gasteiger partial charge in [0.1, 0.15) is 0 Å². The topological polar surface area (TPSA) is 41.6 Å². The maximum absolute atomic E-state index is 12.1. The first-order valence-electron chi connectivity index (χ1n) is 8.73. The van der Waals surface area contributed by atoms with E-state index in [1.54, 1.807) is 0 Å². The van der Waals surface area contributed by atoms with Crippen LogP contribution in [0.15, 0.2) is 35.9 Å². The van der Waals surface area contributed by atoms with Crippen LogP contribution in [0, 0.1) is 5.92 Å². The van der Waals surface area contributed by atoms with Gasteiger partial charge in [-0.3, -0.25) is 9.69 Å². The number of ether oxygens (including phenoxy) is 1. The molecule has 1 saturated heterocycles. The molecule has 5 heteroatoms. The summed E-state index contributed by atoms with van der Waals surface area (Å²) in [7, 11) is 0. The third kappa shape index (κ3) is 4.82. The molecule has 4 nitrogen and oxygen atoms in total. The van der Waals surface area contributed by atoms with Crippen LogP contribution in [-0.2, 0) is 16.1 Å². The third-order valence-corrected chi connectivity index (χ3v) is 5.23. The van der Waals surface area contributed by atoms with Crippen molar-refractivity contribution >= 4 is 17.5 Å². The van der Waals surface area contributed by atoms with E-state index in [-0.39, 0.29) is 5.91 Å². The molecule has 2 aliphatic heterocycles. The Balaban J connectivity index is 1.40. The van der Waals surface area contributed by atoms with E-state index < -0.39 is 0 Å². The van der Waals surface area contributed by atoms with E-state index in [4.69, 9.17) is 16.3 Å². The molecule has 2 aliphatic rings. The average Bonchev–Trinajstić information content (AvgIpc) is 2.63. The van der Waals surface area contributed by atoms with Crippen LogP contribution in [0.3, 0.4) is 0 Å². The zero-order valence-electron chi connectivity index (χ0n) is 14.0. The standard InChI is InChI=1S/C19H25ClN2O2/c20-18-4-2-1-3-17(18)14-22-9-5-15(6-10-22)13-21-19(23)16-7-11-24-12-8-16/h1-4,7,15H,5-6,8-14H2,(H,21,23). The first kappa shape index (κ1) is 17.5. The zero-order valence-corrected chi connectivity index (χ0v) is 14.7. The van der Waals surface area contributed by atoms with Gasteiger partial charge in [-0.1, -0.05) is 35.9 Å². The van der Waals surface area contributed by atoms with E-state index in [2.05, 4.69) is 16.3 Å². The Morgan fingerprint density at radius 3 is 2.79 bits per heavy atom. The van der Waals surface area contributed by atoms with E-state index >= 15 is 0 Å². The molecule has 0 aliphatic carbocycles. The van der Waals surface area contributed by atoms with E-state index in [1.165, 1.54) is 5.56 Å². The summed E-state index contributed by atoms with van der Waals surface area (Å²) in [6.07, 6.45) is 4.85. The Hall–Kier alpha value is -1.36. The number of carbonyl (C=O) groups excluding carboxylic acids is 1. The Kier molecular flexibility index (Phi) is 6.30. The average molecular weight is 349 g/mol. The lowest BCUT2D eigenvalue weighted by atomic mass is 9.96. The minimum Gasteiger partial charge on any atom is -0.377 e. The summed E-state index contributed by atoms with van der Waals surface area (Å²) >= 11 is 6.24. The van der Waals surface area contributed by atoms with Gasteiger partial charge in [0, 0.05) is 30.1 Å². The molecule has 0 aromatic heterocycles. The van der Waals surface area contributed by atoms with Crippen LogP contribution in [0.2, 0.25) is 5.02 Å². The van der Waals surface area contributed by atoms with Crippen molar-refractivity contribution in [3.8, 4) is 0 Å². The molecule has 1 amide bonds. The highest BCUT2D eigenvalue weighted by Crippen LogP contribution is 2.22. The number of rotatable bonds is 5. The first-order chi connectivity index (χ1) is 11.7. The van der Waals surface area contributed by atoms with Crippen molar-refractivity contribution in [3.63, 3.8) is 0 Å². The van der Waals surface area contributed by atoms with Crippen LogP contribution in [0.5, 0.6) is 0 Å². The second-order valence-electron chi connectivity index (χ2n) is 6.58. The van der Waals surface area contributed by atoms with Crippen molar-refractivity contribution in [3.05, 3.63) is 46.5 Å². The van der Waals surface area contributed by atoms with Gasteiger partial charge in [0.25, 0.3) is 0 Å². The van der Waals surface area contributed by atoms with Crippen molar-refractivity contribution in [2.75, 3.05) is 32.8 Å². The molecule has 0 bridgehead atoms. The summed E-state index contributed by atoms with van der Waals surface area (Å²) in [5.41, 5.74) is 2.06. The molecule has 0 spiro atoms. The largest absolute Gasteiger partial charge is 0.377 e. The predicted molar refractivity (Wildman–Crippen MR) is 96.0 cm³/mol. The summed E-state index contributed by atoms with van der Waals surface area (Å²) in [4.78, 5) is 14.6. The van der Waals surface area contributed by atoms with Gasteiger partial charge in [-0.15, -0.1) is 0 Å². The molecular weight excluding hydrogens is 324 g/mol. The molecule has 1 aromatic rings. The molecule has 3 rings (SSSR count). The number of likely N-dealkylation sites (tertiary alicyclic amines) is 1. The van der Waals surface area contributed by atoms with Gasteiger partial charge in [-0.2, -0.15) is 0 Å². The van der Waals surface area contributed by atoms with Gasteiger partial charge in [-0.25, -0.2) is 0 Å². The monoisotopic (exact) mass is 348 g/mol. The van der Waals surface area contributed by atoms with Crippen molar-refractivity contribution < 1.29 is 9.53 Å². The molecule has 1 fully saturated rings. The van der Waals surface area contributed by atoms with Crippen LogP contribution in [0.4, 0.5) is 0 Å². The van der Waals surface area contributed by atoms with Crippen molar-refractivity contribution in [2.45, 2.75) is 25.8 Å². The van der Waals surface area contributed by atoms with Crippen LogP contribution in [0.1, 0.15) is 24.8 Å². The number of amides is 1. The summed E-state index contributed by atoms with van der Waals surface area (Å²) in [5.74, 6) is 0.647. The molecule has 130 valence electrons. The van der Waals surface area contributed by atoms with Gasteiger partial charge in [0.2, 0.25) is 5.91 Å².